The summed E-state index contributed by atoms with van der Waals surface area (Å²) in [6, 6.07) is 19.7. The van der Waals surface area contributed by atoms with Gasteiger partial charge in [-0.3, -0.25) is 0 Å². The molecule has 2 aromatic rings. The summed E-state index contributed by atoms with van der Waals surface area (Å²) in [7, 11) is 1.41. The molecule has 2 aromatic carbocycles. The Balaban J connectivity index is 1.14. The Labute approximate surface area is 198 Å². The largest absolute Gasteiger partial charge is 0.465 e. The summed E-state index contributed by atoms with van der Waals surface area (Å²) in [5.41, 5.74) is 4.73. The Morgan fingerprint density at radius 3 is 2.39 bits per heavy atom. The van der Waals surface area contributed by atoms with E-state index < -0.39 is 0 Å². The smallest absolute Gasteiger partial charge is 0.337 e. The van der Waals surface area contributed by atoms with Gasteiger partial charge in [-0.2, -0.15) is 0 Å². The van der Waals surface area contributed by atoms with E-state index in [4.69, 9.17) is 4.74 Å². The van der Waals surface area contributed by atoms with Crippen molar-refractivity contribution in [3.8, 4) is 0 Å². The Bertz CT molecular complexity index is 914. The highest BCUT2D eigenvalue weighted by molar-refractivity contribution is 5.89. The molecule has 2 saturated carbocycles. The molecule has 176 valence electrons. The van der Waals surface area contributed by atoms with Gasteiger partial charge in [-0.25, -0.2) is 4.79 Å². The number of methoxy groups -OCH3 is 1. The van der Waals surface area contributed by atoms with E-state index in [0.29, 0.717) is 17.6 Å². The molecule has 2 N–H and O–H groups in total. The number of rotatable bonds is 10. The van der Waals surface area contributed by atoms with Crippen molar-refractivity contribution in [1.29, 1.82) is 0 Å². The normalized spacial score (nSPS) is 25.0. The summed E-state index contributed by atoms with van der Waals surface area (Å²) in [6.45, 7) is 4.30. The van der Waals surface area contributed by atoms with Crippen molar-refractivity contribution in [1.82, 2.24) is 10.6 Å². The molecule has 0 aliphatic heterocycles. The number of esters is 1. The molecule has 2 fully saturated rings. The van der Waals surface area contributed by atoms with Crippen LogP contribution in [0.4, 0.5) is 0 Å². The molecular weight excluding hydrogens is 408 g/mol. The quantitative estimate of drug-likeness (QED) is 0.467. The molecule has 4 rings (SSSR count). The first kappa shape index (κ1) is 23.7. The predicted octanol–water partition coefficient (Wildman–Crippen LogP) is 5.59. The zero-order valence-corrected chi connectivity index (χ0v) is 20.1. The van der Waals surface area contributed by atoms with Gasteiger partial charge in [0.25, 0.3) is 0 Å². The van der Waals surface area contributed by atoms with Gasteiger partial charge >= 0.3 is 5.97 Å². The van der Waals surface area contributed by atoms with Crippen molar-refractivity contribution in [2.75, 3.05) is 13.7 Å². The van der Waals surface area contributed by atoms with E-state index in [1.807, 2.05) is 24.3 Å². The number of carbonyl (C=O) groups is 1. The second-order valence-corrected chi connectivity index (χ2v) is 9.63. The molecule has 0 amide bonds. The van der Waals surface area contributed by atoms with E-state index in [1.165, 1.54) is 50.3 Å². The number of hydrogen-bond donors (Lipinski definition) is 2. The van der Waals surface area contributed by atoms with Crippen LogP contribution in [-0.2, 0) is 11.3 Å². The minimum atomic E-state index is -0.280. The third-order valence-electron chi connectivity index (χ3n) is 7.31. The molecular formula is C29H38N2O2. The van der Waals surface area contributed by atoms with E-state index in [0.717, 1.165) is 31.3 Å². The monoisotopic (exact) mass is 446 g/mol. The van der Waals surface area contributed by atoms with Crippen LogP contribution in [0.15, 0.2) is 60.2 Å². The molecule has 33 heavy (non-hydrogen) atoms. The fourth-order valence-electron chi connectivity index (χ4n) is 5.09. The van der Waals surface area contributed by atoms with Crippen LogP contribution in [0.3, 0.4) is 0 Å². The van der Waals surface area contributed by atoms with E-state index in [-0.39, 0.29) is 5.97 Å². The Morgan fingerprint density at radius 1 is 1.00 bits per heavy atom. The maximum atomic E-state index is 11.6. The maximum absolute atomic E-state index is 11.6. The third kappa shape index (κ3) is 6.78. The first-order valence-electron chi connectivity index (χ1n) is 12.6. The fraction of sp³-hybridized carbons (Fsp3) is 0.483. The lowest BCUT2D eigenvalue weighted by Crippen LogP contribution is -2.36. The molecule has 4 heteroatoms. The molecule has 2 aliphatic carbocycles. The lowest BCUT2D eigenvalue weighted by molar-refractivity contribution is 0.0600. The van der Waals surface area contributed by atoms with E-state index >= 15 is 0 Å². The number of hydrogen-bond acceptors (Lipinski definition) is 4. The SMILES string of the molecule is CC/C(=C\c1ccccc1)[C@@H]1C[C@H]1NC[C@H]1CC[C@H](NCc2ccc(C(=O)OC)cc2)CC1. The first-order chi connectivity index (χ1) is 16.2. The molecule has 0 spiro atoms. The van der Waals surface area contributed by atoms with Crippen LogP contribution in [0.5, 0.6) is 0 Å². The third-order valence-corrected chi connectivity index (χ3v) is 7.31. The molecule has 0 radical (unpaired) electrons. The Kier molecular flexibility index (Phi) is 8.35. The van der Waals surface area contributed by atoms with Gasteiger partial charge < -0.3 is 15.4 Å². The van der Waals surface area contributed by atoms with Crippen LogP contribution in [0.2, 0.25) is 0 Å². The van der Waals surface area contributed by atoms with Gasteiger partial charge in [0.05, 0.1) is 12.7 Å². The van der Waals surface area contributed by atoms with Crippen molar-refractivity contribution in [2.24, 2.45) is 11.8 Å². The first-order valence-corrected chi connectivity index (χ1v) is 12.6. The van der Waals surface area contributed by atoms with Crippen LogP contribution in [0, 0.1) is 11.8 Å². The zero-order valence-electron chi connectivity index (χ0n) is 20.1. The summed E-state index contributed by atoms with van der Waals surface area (Å²) >= 11 is 0. The van der Waals surface area contributed by atoms with Crippen LogP contribution >= 0.6 is 0 Å². The van der Waals surface area contributed by atoms with E-state index in [1.54, 1.807) is 5.57 Å². The average Bonchev–Trinajstić information content (AvgIpc) is 3.65. The highest BCUT2D eigenvalue weighted by atomic mass is 16.5. The lowest BCUT2D eigenvalue weighted by Gasteiger charge is -2.29. The van der Waals surface area contributed by atoms with Gasteiger partial charge in [0.2, 0.25) is 0 Å². The second-order valence-electron chi connectivity index (χ2n) is 9.63. The van der Waals surface area contributed by atoms with Crippen molar-refractivity contribution in [2.45, 2.75) is 64.1 Å². The number of carbonyl (C=O) groups excluding carboxylic acids is 1. The molecule has 2 aliphatic rings. The number of benzene rings is 2. The van der Waals surface area contributed by atoms with E-state index in [9.17, 15) is 4.79 Å². The highest BCUT2D eigenvalue weighted by Gasteiger charge is 2.39. The van der Waals surface area contributed by atoms with Gasteiger partial charge in [-0.15, -0.1) is 0 Å². The topological polar surface area (TPSA) is 50.4 Å². The number of ether oxygens (including phenoxy) is 1. The summed E-state index contributed by atoms with van der Waals surface area (Å²) in [5.74, 6) is 1.24. The summed E-state index contributed by atoms with van der Waals surface area (Å²) in [4.78, 5) is 11.6. The maximum Gasteiger partial charge on any atom is 0.337 e. The zero-order chi connectivity index (χ0) is 23.0. The van der Waals surface area contributed by atoms with Gasteiger partial charge in [0, 0.05) is 18.6 Å². The molecule has 0 bridgehead atoms. The van der Waals surface area contributed by atoms with Gasteiger partial charge in [0.15, 0.2) is 0 Å². The van der Waals surface area contributed by atoms with Crippen molar-refractivity contribution < 1.29 is 9.53 Å². The minimum absolute atomic E-state index is 0.280. The van der Waals surface area contributed by atoms with Crippen molar-refractivity contribution in [3.05, 3.63) is 76.9 Å². The van der Waals surface area contributed by atoms with Crippen molar-refractivity contribution >= 4 is 12.0 Å². The van der Waals surface area contributed by atoms with Gasteiger partial charge in [-0.1, -0.05) is 61.0 Å². The van der Waals surface area contributed by atoms with Crippen LogP contribution < -0.4 is 10.6 Å². The molecule has 0 aromatic heterocycles. The molecule has 0 heterocycles. The molecule has 0 unspecified atom stereocenters. The van der Waals surface area contributed by atoms with Gasteiger partial charge in [0.1, 0.15) is 0 Å². The summed E-state index contributed by atoms with van der Waals surface area (Å²) in [5, 5.41) is 7.58. The highest BCUT2D eigenvalue weighted by Crippen LogP contribution is 2.40. The summed E-state index contributed by atoms with van der Waals surface area (Å²) < 4.78 is 4.76. The lowest BCUT2D eigenvalue weighted by atomic mass is 9.86. The minimum Gasteiger partial charge on any atom is -0.465 e. The summed E-state index contributed by atoms with van der Waals surface area (Å²) in [6.07, 6.45) is 9.90. The van der Waals surface area contributed by atoms with Crippen molar-refractivity contribution in [3.63, 3.8) is 0 Å². The van der Waals surface area contributed by atoms with Crippen LogP contribution in [-0.4, -0.2) is 31.7 Å². The molecule has 0 saturated heterocycles. The molecule has 4 nitrogen and oxygen atoms in total. The second kappa shape index (κ2) is 11.6. The van der Waals surface area contributed by atoms with Crippen LogP contribution in [0.25, 0.3) is 6.08 Å². The van der Waals surface area contributed by atoms with Crippen LogP contribution in [0.1, 0.15) is 66.9 Å². The average molecular weight is 447 g/mol. The fourth-order valence-corrected chi connectivity index (χ4v) is 5.09. The predicted molar refractivity (Wildman–Crippen MR) is 135 cm³/mol. The Hall–Kier alpha value is -2.43. The van der Waals surface area contributed by atoms with Gasteiger partial charge in [-0.05, 0) is 80.2 Å². The standard InChI is InChI=1S/C29H38N2O2/c1-3-24(17-21-7-5-4-6-8-21)27-18-28(27)31-20-23-11-15-26(16-12-23)30-19-22-9-13-25(14-10-22)29(32)33-2/h4-10,13-14,17,23,26-28,30-31H,3,11-12,15-16,18-20H2,1-2H3/b24-17+/t23-,26-,27-,28+/m0/s1. The number of nitrogens with one attached hydrogen (secondary N) is 2. The Morgan fingerprint density at radius 2 is 1.73 bits per heavy atom. The van der Waals surface area contributed by atoms with E-state index in [2.05, 4.69) is 54.0 Å². The molecule has 2 atom stereocenters.